The van der Waals surface area contributed by atoms with Gasteiger partial charge in [-0.15, -0.1) is 0 Å². The standard InChI is InChI=1S/C32H39N3/c1-14-15(2)21(8)28-25(17(14)4)26-20(7)19(6)24(23(10)29(26)32(28,11)12)27-18(5)16(3)22(9)30-31(27)34-35(13)33-30/h1-13H3. The highest BCUT2D eigenvalue weighted by Crippen LogP contribution is 2.57. The molecule has 3 nitrogen and oxygen atoms in total. The number of benzene rings is 3. The molecule has 3 heteroatoms. The second kappa shape index (κ2) is 7.29. The van der Waals surface area contributed by atoms with E-state index in [0.29, 0.717) is 0 Å². The van der Waals surface area contributed by atoms with Gasteiger partial charge in [0, 0.05) is 18.0 Å². The van der Waals surface area contributed by atoms with Crippen molar-refractivity contribution in [1.82, 2.24) is 15.0 Å². The first-order valence-corrected chi connectivity index (χ1v) is 12.8. The molecule has 0 amide bonds. The molecule has 0 N–H and O–H groups in total. The Bertz CT molecular complexity index is 1610. The Balaban J connectivity index is 1.99. The molecule has 1 aliphatic rings. The normalized spacial score (nSPS) is 14.1. The zero-order valence-corrected chi connectivity index (χ0v) is 23.8. The third-order valence-corrected chi connectivity index (χ3v) is 9.56. The van der Waals surface area contributed by atoms with E-state index in [1.54, 1.807) is 4.80 Å². The Hall–Kier alpha value is -2.94. The van der Waals surface area contributed by atoms with Crippen LogP contribution < -0.4 is 0 Å². The number of fused-ring (bicyclic) bond motifs is 4. The SMILES string of the molecule is Cc1c(C)c(C)c2c(c1C)-c1c(C)c(C)c(-c3c(C)c(C)c(C)c4nn(C)nc34)c(C)c1C2(C)C. The van der Waals surface area contributed by atoms with E-state index in [1.165, 1.54) is 89.0 Å². The maximum absolute atomic E-state index is 4.89. The molecule has 0 fully saturated rings. The molecule has 35 heavy (non-hydrogen) atoms. The number of hydrogen-bond acceptors (Lipinski definition) is 2. The molecule has 1 aliphatic carbocycles. The van der Waals surface area contributed by atoms with E-state index in [4.69, 9.17) is 10.2 Å². The lowest BCUT2D eigenvalue weighted by Crippen LogP contribution is -2.19. The molecule has 4 aromatic rings. The van der Waals surface area contributed by atoms with Gasteiger partial charge in [-0.25, -0.2) is 0 Å². The van der Waals surface area contributed by atoms with Gasteiger partial charge in [0.25, 0.3) is 0 Å². The average Bonchev–Trinajstić information content (AvgIpc) is 3.30. The van der Waals surface area contributed by atoms with Crippen LogP contribution >= 0.6 is 0 Å². The van der Waals surface area contributed by atoms with Crippen molar-refractivity contribution < 1.29 is 0 Å². The summed E-state index contributed by atoms with van der Waals surface area (Å²) in [4.78, 5) is 1.73. The lowest BCUT2D eigenvalue weighted by Gasteiger charge is -2.29. The summed E-state index contributed by atoms with van der Waals surface area (Å²) in [6.07, 6.45) is 0. The van der Waals surface area contributed by atoms with Crippen LogP contribution in [0.5, 0.6) is 0 Å². The summed E-state index contributed by atoms with van der Waals surface area (Å²) in [5.74, 6) is 0. The van der Waals surface area contributed by atoms with Crippen LogP contribution in [0.1, 0.15) is 80.6 Å². The lowest BCUT2D eigenvalue weighted by molar-refractivity contribution is 0.649. The Morgan fingerprint density at radius 2 is 0.829 bits per heavy atom. The number of aryl methyl sites for hydroxylation is 2. The average molecular weight is 466 g/mol. The quantitative estimate of drug-likeness (QED) is 0.285. The fraction of sp³-hybridized carbons (Fsp3) is 0.438. The smallest absolute Gasteiger partial charge is 0.121 e. The Labute approximate surface area is 210 Å². The summed E-state index contributed by atoms with van der Waals surface area (Å²) >= 11 is 0. The van der Waals surface area contributed by atoms with E-state index in [0.717, 1.165) is 11.0 Å². The predicted molar refractivity (Wildman–Crippen MR) is 149 cm³/mol. The summed E-state index contributed by atoms with van der Waals surface area (Å²) in [5.41, 5.74) is 24.2. The summed E-state index contributed by atoms with van der Waals surface area (Å²) < 4.78 is 0. The van der Waals surface area contributed by atoms with E-state index < -0.39 is 0 Å². The van der Waals surface area contributed by atoms with Gasteiger partial charge in [0.1, 0.15) is 11.0 Å². The van der Waals surface area contributed by atoms with Crippen LogP contribution in [-0.4, -0.2) is 15.0 Å². The lowest BCUT2D eigenvalue weighted by atomic mass is 9.74. The Morgan fingerprint density at radius 3 is 1.43 bits per heavy atom. The van der Waals surface area contributed by atoms with Gasteiger partial charge in [-0.2, -0.15) is 15.0 Å². The van der Waals surface area contributed by atoms with Crippen LogP contribution in [0.2, 0.25) is 0 Å². The van der Waals surface area contributed by atoms with Crippen molar-refractivity contribution in [1.29, 1.82) is 0 Å². The first-order valence-electron chi connectivity index (χ1n) is 12.8. The molecule has 1 heterocycles. The number of aromatic nitrogens is 3. The minimum Gasteiger partial charge on any atom is -0.187 e. The molecule has 0 saturated heterocycles. The van der Waals surface area contributed by atoms with Crippen molar-refractivity contribution in [3.8, 4) is 22.3 Å². The van der Waals surface area contributed by atoms with Gasteiger partial charge in [-0.05, 0) is 153 Å². The molecule has 182 valence electrons. The topological polar surface area (TPSA) is 30.7 Å². The van der Waals surface area contributed by atoms with Crippen LogP contribution in [0.4, 0.5) is 0 Å². The van der Waals surface area contributed by atoms with Crippen LogP contribution in [0.15, 0.2) is 0 Å². The summed E-state index contributed by atoms with van der Waals surface area (Å²) in [6, 6.07) is 0. The van der Waals surface area contributed by atoms with Crippen molar-refractivity contribution in [2.75, 3.05) is 0 Å². The van der Waals surface area contributed by atoms with Crippen molar-refractivity contribution in [2.24, 2.45) is 7.05 Å². The first-order chi connectivity index (χ1) is 16.2. The highest BCUT2D eigenvalue weighted by atomic mass is 15.4. The molecule has 0 unspecified atom stereocenters. The fourth-order valence-corrected chi connectivity index (χ4v) is 7.11. The predicted octanol–water partition coefficient (Wildman–Crippen LogP) is 8.03. The van der Waals surface area contributed by atoms with Crippen LogP contribution in [0.3, 0.4) is 0 Å². The maximum atomic E-state index is 4.89. The van der Waals surface area contributed by atoms with Crippen LogP contribution in [0.25, 0.3) is 33.3 Å². The van der Waals surface area contributed by atoms with E-state index in [9.17, 15) is 0 Å². The number of rotatable bonds is 1. The monoisotopic (exact) mass is 465 g/mol. The zero-order valence-electron chi connectivity index (χ0n) is 23.8. The minimum atomic E-state index is -0.0651. The van der Waals surface area contributed by atoms with E-state index in [-0.39, 0.29) is 5.41 Å². The highest BCUT2D eigenvalue weighted by molar-refractivity contribution is 6.01. The summed E-state index contributed by atoms with van der Waals surface area (Å²) in [6.45, 7) is 27.7. The third kappa shape index (κ3) is 2.78. The highest BCUT2D eigenvalue weighted by Gasteiger charge is 2.42. The number of nitrogens with zero attached hydrogens (tertiary/aromatic N) is 3. The molecule has 0 spiro atoms. The van der Waals surface area contributed by atoms with Crippen molar-refractivity contribution in [3.63, 3.8) is 0 Å². The van der Waals surface area contributed by atoms with Gasteiger partial charge in [-0.1, -0.05) is 13.8 Å². The second-order valence-corrected chi connectivity index (χ2v) is 11.5. The van der Waals surface area contributed by atoms with Crippen LogP contribution in [0, 0.1) is 69.2 Å². The van der Waals surface area contributed by atoms with E-state index in [1.807, 2.05) is 7.05 Å². The molecule has 1 aromatic heterocycles. The Morgan fingerprint density at radius 1 is 0.429 bits per heavy atom. The first kappa shape index (κ1) is 23.8. The molecule has 0 saturated carbocycles. The molecule has 0 atom stereocenters. The van der Waals surface area contributed by atoms with Gasteiger partial charge >= 0.3 is 0 Å². The van der Waals surface area contributed by atoms with Crippen molar-refractivity contribution >= 4 is 11.0 Å². The molecular weight excluding hydrogens is 426 g/mol. The van der Waals surface area contributed by atoms with Gasteiger partial charge in [-0.3, -0.25) is 0 Å². The number of hydrogen-bond donors (Lipinski definition) is 0. The largest absolute Gasteiger partial charge is 0.187 e. The molecule has 0 radical (unpaired) electrons. The van der Waals surface area contributed by atoms with E-state index in [2.05, 4.69) is 83.1 Å². The summed E-state index contributed by atoms with van der Waals surface area (Å²) in [5, 5.41) is 9.65. The van der Waals surface area contributed by atoms with Gasteiger partial charge in [0.15, 0.2) is 0 Å². The summed E-state index contributed by atoms with van der Waals surface area (Å²) in [7, 11) is 1.93. The second-order valence-electron chi connectivity index (χ2n) is 11.5. The van der Waals surface area contributed by atoms with Gasteiger partial charge in [0.2, 0.25) is 0 Å². The Kier molecular flexibility index (Phi) is 4.95. The van der Waals surface area contributed by atoms with Crippen molar-refractivity contribution in [3.05, 3.63) is 66.8 Å². The molecule has 0 aliphatic heterocycles. The molecule has 0 bridgehead atoms. The fourth-order valence-electron chi connectivity index (χ4n) is 7.11. The molecule has 3 aromatic carbocycles. The van der Waals surface area contributed by atoms with Gasteiger partial charge < -0.3 is 0 Å². The van der Waals surface area contributed by atoms with E-state index >= 15 is 0 Å². The zero-order chi connectivity index (χ0) is 25.9. The van der Waals surface area contributed by atoms with Gasteiger partial charge in [0.05, 0.1) is 0 Å². The maximum Gasteiger partial charge on any atom is 0.121 e. The molecular formula is C32H39N3. The minimum absolute atomic E-state index is 0.0651. The third-order valence-electron chi connectivity index (χ3n) is 9.56. The van der Waals surface area contributed by atoms with Crippen molar-refractivity contribution in [2.45, 2.75) is 88.5 Å². The van der Waals surface area contributed by atoms with Crippen LogP contribution in [-0.2, 0) is 12.5 Å². The molecule has 5 rings (SSSR count).